The summed E-state index contributed by atoms with van der Waals surface area (Å²) in [5.74, 6) is -0.762. The number of hydrogen-bond acceptors (Lipinski definition) is 9. The van der Waals surface area contributed by atoms with Crippen LogP contribution < -0.4 is 22.5 Å². The number of aromatic nitrogens is 2. The van der Waals surface area contributed by atoms with Gasteiger partial charge in [-0.15, -0.1) is 0 Å². The molecule has 0 spiro atoms. The topological polar surface area (TPSA) is 183 Å². The van der Waals surface area contributed by atoms with Crippen LogP contribution in [0.1, 0.15) is 129 Å². The maximum absolute atomic E-state index is 12.6. The van der Waals surface area contributed by atoms with Gasteiger partial charge in [0.15, 0.2) is 5.78 Å². The zero-order valence-electron chi connectivity index (χ0n) is 25.6. The number of nitrogens with two attached hydrogens (primary N) is 2. The van der Waals surface area contributed by atoms with Crippen LogP contribution in [0.25, 0.3) is 0 Å². The Kier molecular flexibility index (Phi) is 17.7. The van der Waals surface area contributed by atoms with E-state index in [1.165, 1.54) is 74.6 Å². The molecule has 5 atom stereocenters. The number of amides is 1. The number of nitrogens with one attached hydrogen (secondary N) is 1. The Balaban J connectivity index is 1.68. The summed E-state index contributed by atoms with van der Waals surface area (Å²) >= 11 is 0. The third-order valence-corrected chi connectivity index (χ3v) is 8.00. The second-order valence-corrected chi connectivity index (χ2v) is 11.6. The van der Waals surface area contributed by atoms with Crippen LogP contribution in [-0.4, -0.2) is 62.4 Å². The number of aliphatic hydroxyl groups is 2. The lowest BCUT2D eigenvalue weighted by Crippen LogP contribution is -2.40. The quantitative estimate of drug-likeness (QED) is 0.118. The van der Waals surface area contributed by atoms with E-state index < -0.39 is 42.2 Å². The summed E-state index contributed by atoms with van der Waals surface area (Å²) < 4.78 is 6.91. The maximum Gasteiger partial charge on any atom is 0.351 e. The van der Waals surface area contributed by atoms with Crippen molar-refractivity contribution in [3.05, 3.63) is 22.7 Å². The average Bonchev–Trinajstić information content (AvgIpc) is 3.35. The largest absolute Gasteiger partial charge is 0.390 e. The van der Waals surface area contributed by atoms with Crippen LogP contribution in [0.5, 0.6) is 0 Å². The van der Waals surface area contributed by atoms with Crippen molar-refractivity contribution in [2.24, 2.45) is 11.5 Å². The average molecular weight is 594 g/mol. The smallest absolute Gasteiger partial charge is 0.351 e. The van der Waals surface area contributed by atoms with Crippen molar-refractivity contribution in [2.75, 3.05) is 11.9 Å². The van der Waals surface area contributed by atoms with Crippen LogP contribution in [0.2, 0.25) is 0 Å². The fourth-order valence-electron chi connectivity index (χ4n) is 5.34. The van der Waals surface area contributed by atoms with Crippen LogP contribution in [0.4, 0.5) is 5.82 Å². The van der Waals surface area contributed by atoms with Crippen LogP contribution in [0, 0.1) is 0 Å². The van der Waals surface area contributed by atoms with E-state index in [1.54, 1.807) is 0 Å². The van der Waals surface area contributed by atoms with Crippen LogP contribution >= 0.6 is 0 Å². The molecular weight excluding hydrogens is 538 g/mol. The maximum atomic E-state index is 12.6. The van der Waals surface area contributed by atoms with Crippen molar-refractivity contribution in [3.8, 4) is 0 Å². The van der Waals surface area contributed by atoms with Gasteiger partial charge < -0.3 is 31.7 Å². The van der Waals surface area contributed by atoms with Gasteiger partial charge in [-0.2, -0.15) is 4.98 Å². The Hall–Kier alpha value is -2.18. The Morgan fingerprint density at radius 3 is 2.19 bits per heavy atom. The molecule has 1 aliphatic heterocycles. The van der Waals surface area contributed by atoms with E-state index in [1.807, 2.05) is 0 Å². The fraction of sp³-hybridized carbons (Fsp3) is 0.806. The molecule has 11 nitrogen and oxygen atoms in total. The molecule has 0 bridgehead atoms. The second-order valence-electron chi connectivity index (χ2n) is 11.6. The molecule has 7 N–H and O–H groups in total. The summed E-state index contributed by atoms with van der Waals surface area (Å²) in [5.41, 5.74) is 10.6. The van der Waals surface area contributed by atoms with Gasteiger partial charge in [-0.1, -0.05) is 90.4 Å². The highest BCUT2D eigenvalue weighted by Gasteiger charge is 2.42. The van der Waals surface area contributed by atoms with Gasteiger partial charge in [-0.3, -0.25) is 14.2 Å². The Morgan fingerprint density at radius 1 is 1.02 bits per heavy atom. The first-order valence-corrected chi connectivity index (χ1v) is 16.2. The molecule has 2 rings (SSSR count). The third-order valence-electron chi connectivity index (χ3n) is 8.00. The number of Topliss-reactive ketones (excluding diaryl/α,β-unsaturated/α-hetero) is 1. The monoisotopic (exact) mass is 593 g/mol. The minimum Gasteiger partial charge on any atom is -0.390 e. The fourth-order valence-corrected chi connectivity index (χ4v) is 5.34. The molecular formula is C31H55N5O6. The van der Waals surface area contributed by atoms with Gasteiger partial charge in [-0.25, -0.2) is 4.79 Å². The van der Waals surface area contributed by atoms with Gasteiger partial charge in [-0.05, 0) is 31.9 Å². The van der Waals surface area contributed by atoms with Gasteiger partial charge in [0.05, 0.1) is 12.1 Å². The molecule has 240 valence electrons. The Labute approximate surface area is 250 Å². The predicted molar refractivity (Wildman–Crippen MR) is 164 cm³/mol. The first-order valence-electron chi connectivity index (χ1n) is 16.2. The highest BCUT2D eigenvalue weighted by Crippen LogP contribution is 2.30. The molecule has 1 aromatic heterocycles. The lowest BCUT2D eigenvalue weighted by molar-refractivity contribution is -0.141. The Bertz CT molecular complexity index is 973. The summed E-state index contributed by atoms with van der Waals surface area (Å²) in [4.78, 5) is 41.3. The lowest BCUT2D eigenvalue weighted by atomic mass is 9.99. The van der Waals surface area contributed by atoms with Crippen molar-refractivity contribution in [3.63, 3.8) is 0 Å². The molecule has 1 amide bonds. The molecule has 1 fully saturated rings. The summed E-state index contributed by atoms with van der Waals surface area (Å²) in [6.45, 7) is 2.76. The molecule has 0 aromatic carbocycles. The van der Waals surface area contributed by atoms with E-state index >= 15 is 0 Å². The minimum atomic E-state index is -1.47. The molecule has 1 unspecified atom stereocenters. The van der Waals surface area contributed by atoms with Crippen molar-refractivity contribution < 1.29 is 24.5 Å². The predicted octanol–water partition coefficient (Wildman–Crippen LogP) is 3.70. The summed E-state index contributed by atoms with van der Waals surface area (Å²) in [5, 5.41) is 23.6. The van der Waals surface area contributed by atoms with Crippen LogP contribution in [-0.2, 0) is 14.3 Å². The highest BCUT2D eigenvalue weighted by atomic mass is 16.5. The van der Waals surface area contributed by atoms with E-state index in [0.29, 0.717) is 19.4 Å². The van der Waals surface area contributed by atoms with Gasteiger partial charge >= 0.3 is 5.69 Å². The molecule has 42 heavy (non-hydrogen) atoms. The molecule has 0 saturated carbocycles. The third kappa shape index (κ3) is 13.0. The highest BCUT2D eigenvalue weighted by molar-refractivity contribution is 5.93. The standard InChI is InChI=1S/C31H55N5O6/c1-2-3-4-5-6-7-8-9-10-11-12-13-14-18-24(37)28(39)29-25(38)22-27(42-29)36-21-19-26(35-31(36)41)34-30(40)23(33)17-15-16-20-32/h19,21,23,25,27-29,38-39H,2-18,20,22,32-33H2,1H3,(H,34,35,40,41)/t23-,25-,27+,28?,29-/m0/s1. The van der Waals surface area contributed by atoms with Gasteiger partial charge in [0.1, 0.15) is 24.3 Å². The van der Waals surface area contributed by atoms with Crippen LogP contribution in [0.15, 0.2) is 17.1 Å². The van der Waals surface area contributed by atoms with E-state index in [9.17, 15) is 24.6 Å². The molecule has 1 aromatic rings. The zero-order valence-corrected chi connectivity index (χ0v) is 25.6. The van der Waals surface area contributed by atoms with E-state index in [-0.39, 0.29) is 24.4 Å². The minimum absolute atomic E-state index is 0.0209. The number of carbonyl (C=O) groups is 2. The van der Waals surface area contributed by atoms with Gasteiger partial charge in [0.2, 0.25) is 5.91 Å². The van der Waals surface area contributed by atoms with Crippen molar-refractivity contribution >= 4 is 17.5 Å². The zero-order chi connectivity index (χ0) is 30.7. The molecule has 0 radical (unpaired) electrons. The number of anilines is 1. The number of ether oxygens (including phenoxy) is 1. The first-order chi connectivity index (χ1) is 20.3. The molecule has 0 aliphatic carbocycles. The Morgan fingerprint density at radius 2 is 1.62 bits per heavy atom. The van der Waals surface area contributed by atoms with Crippen molar-refractivity contribution in [2.45, 2.75) is 153 Å². The number of rotatable bonds is 23. The molecule has 11 heteroatoms. The number of unbranched alkanes of at least 4 members (excludes halogenated alkanes) is 13. The summed E-state index contributed by atoms with van der Waals surface area (Å²) in [7, 11) is 0. The molecule has 1 aliphatic rings. The van der Waals surface area contributed by atoms with Crippen LogP contribution in [0.3, 0.4) is 0 Å². The first kappa shape index (κ1) is 36.0. The number of aliphatic hydroxyl groups excluding tert-OH is 2. The number of hydrogen-bond donors (Lipinski definition) is 5. The lowest BCUT2D eigenvalue weighted by Gasteiger charge is -2.20. The summed E-state index contributed by atoms with van der Waals surface area (Å²) in [6, 6.07) is 0.694. The van der Waals surface area contributed by atoms with E-state index in [0.717, 1.165) is 32.1 Å². The van der Waals surface area contributed by atoms with Crippen molar-refractivity contribution in [1.82, 2.24) is 9.55 Å². The van der Waals surface area contributed by atoms with Crippen molar-refractivity contribution in [1.29, 1.82) is 0 Å². The van der Waals surface area contributed by atoms with E-state index in [4.69, 9.17) is 16.2 Å². The molecule has 2 heterocycles. The second kappa shape index (κ2) is 20.7. The number of carbonyl (C=O) groups excluding carboxylic acids is 2. The SMILES string of the molecule is CCCCCCCCCCCCCCCC(=O)C(O)[C@H]1O[C@@H](n2ccc(NC(=O)[C@@H](N)CCCCN)nc2=O)C[C@@H]1O. The van der Waals surface area contributed by atoms with E-state index in [2.05, 4.69) is 17.2 Å². The summed E-state index contributed by atoms with van der Waals surface area (Å²) in [6.07, 6.45) is 14.6. The van der Waals surface area contributed by atoms with Gasteiger partial charge in [0.25, 0.3) is 0 Å². The number of nitrogens with zero attached hydrogens (tertiary/aromatic N) is 2. The van der Waals surface area contributed by atoms with Gasteiger partial charge in [0, 0.05) is 19.0 Å². The molecule has 1 saturated heterocycles. The normalized spacial score (nSPS) is 20.0. The number of ketones is 1.